The Kier molecular flexibility index (Phi) is 5.33. The molecule has 27 heavy (non-hydrogen) atoms. The first-order valence-electron chi connectivity index (χ1n) is 9.72. The van der Waals surface area contributed by atoms with Gasteiger partial charge in [-0.15, -0.1) is 0 Å². The van der Waals surface area contributed by atoms with Crippen LogP contribution in [0, 0.1) is 6.92 Å². The van der Waals surface area contributed by atoms with Crippen molar-refractivity contribution in [1.29, 1.82) is 0 Å². The second-order valence-corrected chi connectivity index (χ2v) is 6.99. The summed E-state index contributed by atoms with van der Waals surface area (Å²) in [6.45, 7) is 10.9. The lowest BCUT2D eigenvalue weighted by atomic mass is 10.3. The fraction of sp³-hybridized carbons (Fsp3) is 0.579. The zero-order chi connectivity index (χ0) is 18.6. The lowest BCUT2D eigenvalue weighted by Crippen LogP contribution is -2.47. The van der Waals surface area contributed by atoms with E-state index >= 15 is 0 Å². The molecule has 8 heteroatoms. The normalized spacial score (nSPS) is 18.1. The molecule has 0 amide bonds. The van der Waals surface area contributed by atoms with Gasteiger partial charge in [0.25, 0.3) is 0 Å². The standard InChI is InChI=1S/C19H27N7O/c1-3-16-13-20-18(21-14-16)25-6-4-24(5-7-25)17-12-15(2)22-19(23-17)26-8-10-27-11-9-26/h12-14H,3-11H2,1-2H3. The quantitative estimate of drug-likeness (QED) is 0.799. The van der Waals surface area contributed by atoms with E-state index in [0.29, 0.717) is 0 Å². The summed E-state index contributed by atoms with van der Waals surface area (Å²) in [4.78, 5) is 25.3. The lowest BCUT2D eigenvalue weighted by molar-refractivity contribution is 0.122. The molecule has 2 saturated heterocycles. The molecule has 144 valence electrons. The van der Waals surface area contributed by atoms with Crippen molar-refractivity contribution in [1.82, 2.24) is 19.9 Å². The van der Waals surface area contributed by atoms with Crippen LogP contribution in [0.1, 0.15) is 18.2 Å². The molecule has 0 aromatic carbocycles. The van der Waals surface area contributed by atoms with Crippen LogP contribution < -0.4 is 14.7 Å². The van der Waals surface area contributed by atoms with E-state index in [2.05, 4.69) is 42.6 Å². The molecule has 0 unspecified atom stereocenters. The van der Waals surface area contributed by atoms with Crippen molar-refractivity contribution in [2.24, 2.45) is 0 Å². The molecule has 0 N–H and O–H groups in total. The van der Waals surface area contributed by atoms with E-state index in [9.17, 15) is 0 Å². The zero-order valence-electron chi connectivity index (χ0n) is 16.1. The van der Waals surface area contributed by atoms with Crippen molar-refractivity contribution in [3.8, 4) is 0 Å². The molecule has 2 aromatic rings. The highest BCUT2D eigenvalue weighted by atomic mass is 16.5. The van der Waals surface area contributed by atoms with Crippen molar-refractivity contribution in [3.05, 3.63) is 29.7 Å². The van der Waals surface area contributed by atoms with Crippen LogP contribution in [0.15, 0.2) is 18.5 Å². The van der Waals surface area contributed by atoms with Gasteiger partial charge in [-0.25, -0.2) is 15.0 Å². The Balaban J connectivity index is 1.43. The third-order valence-electron chi connectivity index (χ3n) is 5.11. The molecule has 0 bridgehead atoms. The van der Waals surface area contributed by atoms with Crippen LogP contribution in [-0.4, -0.2) is 72.4 Å². The van der Waals surface area contributed by atoms with E-state index in [4.69, 9.17) is 9.72 Å². The van der Waals surface area contributed by atoms with Crippen molar-refractivity contribution < 1.29 is 4.74 Å². The van der Waals surface area contributed by atoms with Crippen LogP contribution in [0.25, 0.3) is 0 Å². The zero-order valence-corrected chi connectivity index (χ0v) is 16.1. The van der Waals surface area contributed by atoms with Crippen LogP contribution >= 0.6 is 0 Å². The second kappa shape index (κ2) is 8.04. The Morgan fingerprint density at radius 1 is 0.852 bits per heavy atom. The highest BCUT2D eigenvalue weighted by molar-refractivity contribution is 5.48. The summed E-state index contributed by atoms with van der Waals surface area (Å²) in [6, 6.07) is 2.08. The van der Waals surface area contributed by atoms with Crippen LogP contribution in [-0.2, 0) is 11.2 Å². The van der Waals surface area contributed by atoms with Gasteiger partial charge in [-0.05, 0) is 18.9 Å². The summed E-state index contributed by atoms with van der Waals surface area (Å²) in [5.74, 6) is 2.64. The van der Waals surface area contributed by atoms with Gasteiger partial charge in [0.15, 0.2) is 0 Å². The maximum atomic E-state index is 5.44. The Hall–Kier alpha value is -2.48. The molecular formula is C19H27N7O. The highest BCUT2D eigenvalue weighted by Crippen LogP contribution is 2.21. The number of anilines is 3. The SMILES string of the molecule is CCc1cnc(N2CCN(c3cc(C)nc(N4CCOCC4)n3)CC2)nc1. The minimum atomic E-state index is 0.738. The van der Waals surface area contributed by atoms with Gasteiger partial charge < -0.3 is 19.4 Å². The summed E-state index contributed by atoms with van der Waals surface area (Å²) in [5.41, 5.74) is 2.17. The Morgan fingerprint density at radius 3 is 2.15 bits per heavy atom. The van der Waals surface area contributed by atoms with Crippen molar-refractivity contribution in [3.63, 3.8) is 0 Å². The summed E-state index contributed by atoms with van der Waals surface area (Å²) >= 11 is 0. The first-order chi connectivity index (χ1) is 13.2. The Bertz CT molecular complexity index is 753. The van der Waals surface area contributed by atoms with Gasteiger partial charge in [0, 0.05) is 63.4 Å². The maximum absolute atomic E-state index is 5.44. The number of ether oxygens (including phenoxy) is 1. The van der Waals surface area contributed by atoms with Gasteiger partial charge in [0.05, 0.1) is 13.2 Å². The van der Waals surface area contributed by atoms with Crippen LogP contribution in [0.4, 0.5) is 17.7 Å². The summed E-state index contributed by atoms with van der Waals surface area (Å²) in [7, 11) is 0. The number of aromatic nitrogens is 4. The molecule has 2 aliphatic heterocycles. The molecule has 0 atom stereocenters. The maximum Gasteiger partial charge on any atom is 0.227 e. The molecular weight excluding hydrogens is 342 g/mol. The number of nitrogens with zero attached hydrogens (tertiary/aromatic N) is 7. The summed E-state index contributed by atoms with van der Waals surface area (Å²) < 4.78 is 5.44. The molecule has 2 aromatic heterocycles. The van der Waals surface area contributed by atoms with Gasteiger partial charge in [-0.2, -0.15) is 4.98 Å². The van der Waals surface area contributed by atoms with Crippen molar-refractivity contribution in [2.75, 3.05) is 67.2 Å². The molecule has 2 aliphatic rings. The number of piperazine rings is 1. The topological polar surface area (TPSA) is 70.5 Å². The van der Waals surface area contributed by atoms with E-state index in [1.165, 1.54) is 5.56 Å². The summed E-state index contributed by atoms with van der Waals surface area (Å²) in [5, 5.41) is 0. The Morgan fingerprint density at radius 2 is 1.48 bits per heavy atom. The number of morpholine rings is 1. The Labute approximate surface area is 160 Å². The second-order valence-electron chi connectivity index (χ2n) is 6.99. The predicted octanol–water partition coefficient (Wildman–Crippen LogP) is 1.30. The number of hydrogen-bond donors (Lipinski definition) is 0. The predicted molar refractivity (Wildman–Crippen MR) is 106 cm³/mol. The van der Waals surface area contributed by atoms with E-state index in [1.54, 1.807) is 0 Å². The van der Waals surface area contributed by atoms with Gasteiger partial charge in [0.2, 0.25) is 11.9 Å². The fourth-order valence-corrected chi connectivity index (χ4v) is 3.43. The van der Waals surface area contributed by atoms with E-state index in [0.717, 1.165) is 82.3 Å². The van der Waals surface area contributed by atoms with E-state index in [-0.39, 0.29) is 0 Å². The average Bonchev–Trinajstić information content (AvgIpc) is 2.74. The third kappa shape index (κ3) is 4.10. The molecule has 0 spiro atoms. The van der Waals surface area contributed by atoms with Crippen LogP contribution in [0.5, 0.6) is 0 Å². The summed E-state index contributed by atoms with van der Waals surface area (Å²) in [6.07, 6.45) is 4.82. The molecule has 0 radical (unpaired) electrons. The highest BCUT2D eigenvalue weighted by Gasteiger charge is 2.22. The van der Waals surface area contributed by atoms with Crippen molar-refractivity contribution in [2.45, 2.75) is 20.3 Å². The molecule has 4 heterocycles. The van der Waals surface area contributed by atoms with Crippen LogP contribution in [0.3, 0.4) is 0 Å². The van der Waals surface area contributed by atoms with Crippen LogP contribution in [0.2, 0.25) is 0 Å². The number of rotatable bonds is 4. The van der Waals surface area contributed by atoms with Gasteiger partial charge in [0.1, 0.15) is 5.82 Å². The monoisotopic (exact) mass is 369 g/mol. The van der Waals surface area contributed by atoms with Crippen molar-refractivity contribution >= 4 is 17.7 Å². The average molecular weight is 369 g/mol. The fourth-order valence-electron chi connectivity index (χ4n) is 3.43. The molecule has 0 aliphatic carbocycles. The molecule has 4 rings (SSSR count). The van der Waals surface area contributed by atoms with Gasteiger partial charge in [-0.3, -0.25) is 0 Å². The number of hydrogen-bond acceptors (Lipinski definition) is 8. The molecule has 2 fully saturated rings. The minimum absolute atomic E-state index is 0.738. The molecule has 0 saturated carbocycles. The van der Waals surface area contributed by atoms with E-state index < -0.39 is 0 Å². The smallest absolute Gasteiger partial charge is 0.227 e. The number of aryl methyl sites for hydroxylation is 2. The minimum Gasteiger partial charge on any atom is -0.378 e. The van der Waals surface area contributed by atoms with Gasteiger partial charge >= 0.3 is 0 Å². The lowest BCUT2D eigenvalue weighted by Gasteiger charge is -2.36. The largest absolute Gasteiger partial charge is 0.378 e. The third-order valence-corrected chi connectivity index (χ3v) is 5.11. The first-order valence-corrected chi connectivity index (χ1v) is 9.72. The van der Waals surface area contributed by atoms with Gasteiger partial charge in [-0.1, -0.05) is 6.92 Å². The first kappa shape index (κ1) is 17.9. The van der Waals surface area contributed by atoms with E-state index in [1.807, 2.05) is 19.3 Å². The molecule has 8 nitrogen and oxygen atoms in total.